The normalized spacial score (nSPS) is 14.7. The van der Waals surface area contributed by atoms with E-state index in [2.05, 4.69) is 25.3 Å². The van der Waals surface area contributed by atoms with Gasteiger partial charge in [0, 0.05) is 35.5 Å². The molecule has 0 bridgehead atoms. The van der Waals surface area contributed by atoms with Gasteiger partial charge < -0.3 is 5.32 Å². The molecule has 1 aliphatic carbocycles. The molecule has 0 radical (unpaired) electrons. The van der Waals surface area contributed by atoms with E-state index in [1.54, 1.807) is 36.7 Å². The Morgan fingerprint density at radius 1 is 0.978 bits per heavy atom. The minimum Gasteiger partial charge on any atom is -0.351 e. The number of rotatable bonds is 11. The van der Waals surface area contributed by atoms with Gasteiger partial charge in [-0.3, -0.25) is 19.5 Å². The lowest BCUT2D eigenvalue weighted by Crippen LogP contribution is -2.48. The van der Waals surface area contributed by atoms with Crippen LogP contribution in [0.4, 0.5) is 5.69 Å². The molecule has 1 fully saturated rings. The Labute approximate surface area is 265 Å². The molecule has 232 valence electrons. The lowest BCUT2D eigenvalue weighted by Gasteiger charge is -2.33. The first-order valence-electron chi connectivity index (χ1n) is 14.8. The molecular weight excluding hydrogens is 611 g/mol. The molecule has 11 nitrogen and oxygen atoms in total. The van der Waals surface area contributed by atoms with E-state index in [4.69, 9.17) is 0 Å². The van der Waals surface area contributed by atoms with Crippen molar-refractivity contribution in [1.82, 2.24) is 30.0 Å². The Bertz CT molecular complexity index is 1850. The van der Waals surface area contributed by atoms with Gasteiger partial charge in [-0.2, -0.15) is 0 Å². The maximum atomic E-state index is 14.3. The van der Waals surface area contributed by atoms with Gasteiger partial charge in [0.2, 0.25) is 21.8 Å². The van der Waals surface area contributed by atoms with Crippen molar-refractivity contribution < 1.29 is 18.0 Å². The second-order valence-electron chi connectivity index (χ2n) is 10.9. The summed E-state index contributed by atoms with van der Waals surface area (Å²) in [6.07, 6.45) is 8.22. The smallest absolute Gasteiger partial charge is 0.249 e. The van der Waals surface area contributed by atoms with E-state index in [9.17, 15) is 18.0 Å². The Morgan fingerprint density at radius 2 is 1.78 bits per heavy atom. The molecule has 2 N–H and O–H groups in total. The zero-order valence-electron chi connectivity index (χ0n) is 24.5. The Kier molecular flexibility index (Phi) is 9.29. The van der Waals surface area contributed by atoms with Gasteiger partial charge >= 0.3 is 0 Å². The highest BCUT2D eigenvalue weighted by Gasteiger charge is 2.35. The van der Waals surface area contributed by atoms with Crippen molar-refractivity contribution in [3.8, 4) is 0 Å². The van der Waals surface area contributed by atoms with Crippen LogP contribution in [0.1, 0.15) is 48.6 Å². The van der Waals surface area contributed by atoms with Crippen LogP contribution in [0.2, 0.25) is 0 Å². The van der Waals surface area contributed by atoms with E-state index in [1.807, 2.05) is 41.8 Å². The van der Waals surface area contributed by atoms with Crippen molar-refractivity contribution in [3.05, 3.63) is 101 Å². The van der Waals surface area contributed by atoms with E-state index < -0.39 is 22.0 Å². The summed E-state index contributed by atoms with van der Waals surface area (Å²) in [7, 11) is -3.87. The van der Waals surface area contributed by atoms with Crippen molar-refractivity contribution in [2.24, 2.45) is 0 Å². The predicted molar refractivity (Wildman–Crippen MR) is 172 cm³/mol. The number of sulfonamides is 1. The number of nitrogens with zero attached hydrogens (tertiary/aromatic N) is 5. The minimum absolute atomic E-state index is 0.0309. The number of carbonyl (C=O) groups is 2. The number of aromatic nitrogens is 4. The number of fused-ring (bicyclic) bond motifs is 1. The van der Waals surface area contributed by atoms with E-state index in [-0.39, 0.29) is 29.9 Å². The van der Waals surface area contributed by atoms with Gasteiger partial charge in [0.15, 0.2) is 0 Å². The van der Waals surface area contributed by atoms with Crippen molar-refractivity contribution in [2.75, 3.05) is 4.90 Å². The van der Waals surface area contributed by atoms with E-state index in [0.29, 0.717) is 21.6 Å². The third-order valence-corrected chi connectivity index (χ3v) is 10.2. The molecule has 5 aromatic rings. The average Bonchev–Trinajstić information content (AvgIpc) is 3.74. The van der Waals surface area contributed by atoms with Crippen LogP contribution in [0.15, 0.2) is 95.5 Å². The fourth-order valence-electron chi connectivity index (χ4n) is 5.57. The van der Waals surface area contributed by atoms with Crippen molar-refractivity contribution in [3.63, 3.8) is 0 Å². The molecule has 1 atom stereocenters. The van der Waals surface area contributed by atoms with Gasteiger partial charge in [-0.1, -0.05) is 48.7 Å². The second-order valence-corrected chi connectivity index (χ2v) is 13.7. The largest absolute Gasteiger partial charge is 0.351 e. The maximum Gasteiger partial charge on any atom is 0.249 e. The number of pyridine rings is 1. The van der Waals surface area contributed by atoms with E-state index in [0.717, 1.165) is 37.7 Å². The molecule has 1 unspecified atom stereocenters. The van der Waals surface area contributed by atoms with E-state index >= 15 is 0 Å². The molecule has 0 saturated heterocycles. The molecule has 1 saturated carbocycles. The Morgan fingerprint density at radius 3 is 2.51 bits per heavy atom. The number of anilines is 1. The van der Waals surface area contributed by atoms with Crippen molar-refractivity contribution >= 4 is 49.9 Å². The minimum atomic E-state index is -3.87. The average molecular weight is 644 g/mol. The summed E-state index contributed by atoms with van der Waals surface area (Å²) in [5.74, 6) is -0.677. The summed E-state index contributed by atoms with van der Waals surface area (Å²) in [5.41, 5.74) is 2.44. The topological polar surface area (TPSA) is 139 Å². The van der Waals surface area contributed by atoms with Crippen LogP contribution in [0.25, 0.3) is 11.0 Å². The molecule has 13 heteroatoms. The molecule has 0 aliphatic heterocycles. The third-order valence-electron chi connectivity index (χ3n) is 7.86. The summed E-state index contributed by atoms with van der Waals surface area (Å²) in [6.45, 7) is -0.0952. The summed E-state index contributed by atoms with van der Waals surface area (Å²) >= 11 is 1.38. The third kappa shape index (κ3) is 7.11. The quantitative estimate of drug-likeness (QED) is 0.215. The molecule has 3 aromatic heterocycles. The Balaban J connectivity index is 1.33. The monoisotopic (exact) mass is 643 g/mol. The molecule has 3 heterocycles. The van der Waals surface area contributed by atoms with Crippen LogP contribution >= 0.6 is 11.3 Å². The fourth-order valence-corrected chi connectivity index (χ4v) is 7.40. The highest BCUT2D eigenvalue weighted by Crippen LogP contribution is 2.33. The van der Waals surface area contributed by atoms with Crippen LogP contribution in [-0.2, 0) is 32.7 Å². The number of hydrogen-bond acceptors (Lipinski definition) is 8. The Hall–Kier alpha value is -4.46. The highest BCUT2D eigenvalue weighted by atomic mass is 32.2. The first-order valence-corrected chi connectivity index (χ1v) is 17.2. The summed E-state index contributed by atoms with van der Waals surface area (Å²) < 4.78 is 30.3. The fraction of sp³-hybridized carbons (Fsp3) is 0.281. The molecule has 0 spiro atoms. The van der Waals surface area contributed by atoms with Crippen LogP contribution < -0.4 is 14.9 Å². The van der Waals surface area contributed by atoms with Crippen molar-refractivity contribution in [1.29, 1.82) is 0 Å². The van der Waals surface area contributed by atoms with Crippen LogP contribution in [0.5, 0.6) is 0 Å². The van der Waals surface area contributed by atoms with Gasteiger partial charge in [-0.25, -0.2) is 17.8 Å². The van der Waals surface area contributed by atoms with Gasteiger partial charge in [0.1, 0.15) is 18.1 Å². The van der Waals surface area contributed by atoms with E-state index in [1.165, 1.54) is 33.1 Å². The highest BCUT2D eigenvalue weighted by molar-refractivity contribution is 7.89. The van der Waals surface area contributed by atoms with Crippen LogP contribution in [0, 0.1) is 0 Å². The number of hydrogen-bond donors (Lipinski definition) is 2. The first-order chi connectivity index (χ1) is 21.9. The summed E-state index contributed by atoms with van der Waals surface area (Å²) in [6, 6.07) is 19.6. The first kappa shape index (κ1) is 30.6. The predicted octanol–water partition coefficient (Wildman–Crippen LogP) is 4.59. The maximum absolute atomic E-state index is 14.3. The van der Waals surface area contributed by atoms with Gasteiger partial charge in [-0.05, 0) is 72.3 Å². The zero-order chi connectivity index (χ0) is 31.2. The van der Waals surface area contributed by atoms with Crippen LogP contribution in [0.3, 0.4) is 0 Å². The molecular formula is C32H33N7O4S2. The molecule has 2 aromatic carbocycles. The number of para-hydroxylation sites is 1. The van der Waals surface area contributed by atoms with Gasteiger partial charge in [0.25, 0.3) is 0 Å². The molecule has 2 amide bonds. The zero-order valence-corrected chi connectivity index (χ0v) is 26.1. The molecule has 45 heavy (non-hydrogen) atoms. The standard InChI is InChI=1S/C32H33N7O4S2/c40-30(22-38-28-12-5-4-11-27(28)36-37-38)39(31(29-13-7-19-44-29)32(41)35-24-9-2-1-3-10-24)25-14-16-26(17-15-25)45(42,43)34-21-23-8-6-18-33-20-23/h4-8,11-20,24,31,34H,1-3,9-10,21-22H2,(H,35,41). The number of amides is 2. The second kappa shape index (κ2) is 13.7. The number of nitrogens with one attached hydrogen (secondary N) is 2. The molecule has 1 aliphatic rings. The van der Waals surface area contributed by atoms with Gasteiger partial charge in [0.05, 0.1) is 10.4 Å². The number of carbonyl (C=O) groups excluding carboxylic acids is 2. The SMILES string of the molecule is O=C(NC1CCCCC1)C(c1cccs1)N(C(=O)Cn1nnc2ccccc21)c1ccc(S(=O)(=O)NCc2cccnc2)cc1. The summed E-state index contributed by atoms with van der Waals surface area (Å²) in [4.78, 5) is 34.5. The lowest BCUT2D eigenvalue weighted by molar-refractivity contribution is -0.127. The molecule has 6 rings (SSSR count). The summed E-state index contributed by atoms with van der Waals surface area (Å²) in [5, 5.41) is 13.4. The number of benzene rings is 2. The number of thiophene rings is 1. The lowest BCUT2D eigenvalue weighted by atomic mass is 9.95. The van der Waals surface area contributed by atoms with Gasteiger partial charge in [-0.15, -0.1) is 16.4 Å². The van der Waals surface area contributed by atoms with Crippen LogP contribution in [-0.4, -0.2) is 46.3 Å². The van der Waals surface area contributed by atoms with Crippen molar-refractivity contribution in [2.45, 2.75) is 62.2 Å².